The minimum absolute atomic E-state index is 0.384. The van der Waals surface area contributed by atoms with Crippen LogP contribution in [0.25, 0.3) is 0 Å². The van der Waals surface area contributed by atoms with E-state index in [4.69, 9.17) is 0 Å². The van der Waals surface area contributed by atoms with Gasteiger partial charge in [-0.15, -0.1) is 0 Å². The lowest BCUT2D eigenvalue weighted by molar-refractivity contribution is -0.131. The molecule has 0 bridgehead atoms. The first-order valence-corrected chi connectivity index (χ1v) is 15.0. The van der Waals surface area contributed by atoms with Gasteiger partial charge in [0.25, 0.3) is 0 Å². The van der Waals surface area contributed by atoms with Gasteiger partial charge in [0.1, 0.15) is 0 Å². The van der Waals surface area contributed by atoms with Crippen molar-refractivity contribution in [3.8, 4) is 0 Å². The van der Waals surface area contributed by atoms with Crippen molar-refractivity contribution in [3.63, 3.8) is 0 Å². The number of carbonyl (C=O) groups excluding carboxylic acids is 1. The Morgan fingerprint density at radius 1 is 0.600 bits per heavy atom. The summed E-state index contributed by atoms with van der Waals surface area (Å²) in [5, 5.41) is 0. The molecule has 0 radical (unpaired) electrons. The van der Waals surface area contributed by atoms with Gasteiger partial charge >= 0.3 is 0 Å². The molecule has 0 N–H and O–H groups in total. The fourth-order valence-corrected chi connectivity index (χ4v) is 5.02. The number of amides is 1. The average Bonchev–Trinajstić information content (AvgIpc) is 2.75. The first-order valence-electron chi connectivity index (χ1n) is 13.1. The number of halogens is 2. The smallest absolute Gasteiger partial charge is 0.222 e. The van der Waals surface area contributed by atoms with Crippen molar-refractivity contribution in [2.45, 2.75) is 146 Å². The van der Waals surface area contributed by atoms with E-state index in [-0.39, 0.29) is 0 Å². The third-order valence-corrected chi connectivity index (χ3v) is 8.91. The number of hydrogen-bond acceptors (Lipinski definition) is 1. The molecule has 0 aliphatic heterocycles. The van der Waals surface area contributed by atoms with Crippen LogP contribution in [0.2, 0.25) is 0 Å². The standard InChI is InChI=1S/C26H51Br2NO/c1-4-7-10-11-13-16-19-24(27)25(28)20-17-14-12-15-18-21-26(30)29(22-8-5-2)23-9-6-3/h24-25H,4-23H2,1-3H3/t24-,25+/m0/s1. The van der Waals surface area contributed by atoms with Crippen molar-refractivity contribution < 1.29 is 4.79 Å². The molecule has 0 aromatic carbocycles. The molecular formula is C26H51Br2NO. The fraction of sp³-hybridized carbons (Fsp3) is 0.962. The summed E-state index contributed by atoms with van der Waals surface area (Å²) in [7, 11) is 0. The SMILES string of the molecule is CCCCCCCC[C@H](Br)[C@H](Br)CCCCCCCC(=O)N(CCCC)CCCC. The van der Waals surface area contributed by atoms with Crippen LogP contribution in [0.4, 0.5) is 0 Å². The number of hydrogen-bond donors (Lipinski definition) is 0. The van der Waals surface area contributed by atoms with Gasteiger partial charge in [0.2, 0.25) is 5.91 Å². The summed E-state index contributed by atoms with van der Waals surface area (Å²) in [6, 6.07) is 0. The van der Waals surface area contributed by atoms with E-state index in [1.54, 1.807) is 0 Å². The molecule has 0 aliphatic carbocycles. The van der Waals surface area contributed by atoms with Gasteiger partial charge in [-0.05, 0) is 32.1 Å². The highest BCUT2D eigenvalue weighted by Gasteiger charge is 2.15. The van der Waals surface area contributed by atoms with Crippen LogP contribution < -0.4 is 0 Å². The maximum Gasteiger partial charge on any atom is 0.222 e. The lowest BCUT2D eigenvalue weighted by Gasteiger charge is -2.22. The van der Waals surface area contributed by atoms with Crippen LogP contribution in [0, 0.1) is 0 Å². The molecule has 2 atom stereocenters. The third-order valence-electron chi connectivity index (χ3n) is 6.01. The van der Waals surface area contributed by atoms with E-state index in [2.05, 4.69) is 57.5 Å². The van der Waals surface area contributed by atoms with E-state index in [1.165, 1.54) is 89.9 Å². The quantitative estimate of drug-likeness (QED) is 0.0966. The maximum absolute atomic E-state index is 12.5. The molecule has 0 saturated heterocycles. The lowest BCUT2D eigenvalue weighted by Crippen LogP contribution is -2.32. The Labute approximate surface area is 206 Å². The van der Waals surface area contributed by atoms with Crippen LogP contribution in [0.1, 0.15) is 136 Å². The number of nitrogens with zero attached hydrogens (tertiary/aromatic N) is 1. The van der Waals surface area contributed by atoms with Crippen LogP contribution >= 0.6 is 31.9 Å². The van der Waals surface area contributed by atoms with Gasteiger partial charge in [-0.3, -0.25) is 4.79 Å². The van der Waals surface area contributed by atoms with E-state index in [0.717, 1.165) is 38.8 Å². The van der Waals surface area contributed by atoms with E-state index >= 15 is 0 Å². The normalized spacial score (nSPS) is 13.4. The zero-order chi connectivity index (χ0) is 22.5. The number of carbonyl (C=O) groups is 1. The molecule has 0 unspecified atom stereocenters. The van der Waals surface area contributed by atoms with Crippen molar-refractivity contribution >= 4 is 37.8 Å². The molecule has 4 heteroatoms. The van der Waals surface area contributed by atoms with Gasteiger partial charge in [0.05, 0.1) is 0 Å². The summed E-state index contributed by atoms with van der Waals surface area (Å²) < 4.78 is 0. The molecule has 0 aromatic heterocycles. The van der Waals surface area contributed by atoms with Gasteiger partial charge in [-0.1, -0.05) is 130 Å². The topological polar surface area (TPSA) is 20.3 Å². The molecular weight excluding hydrogens is 502 g/mol. The van der Waals surface area contributed by atoms with Gasteiger partial charge in [0.15, 0.2) is 0 Å². The summed E-state index contributed by atoms with van der Waals surface area (Å²) in [5.41, 5.74) is 0. The van der Waals surface area contributed by atoms with Crippen molar-refractivity contribution in [3.05, 3.63) is 0 Å². The number of alkyl halides is 2. The lowest BCUT2D eigenvalue weighted by atomic mass is 10.0. The summed E-state index contributed by atoms with van der Waals surface area (Å²) in [6.45, 7) is 8.59. The highest BCUT2D eigenvalue weighted by Crippen LogP contribution is 2.25. The molecule has 30 heavy (non-hydrogen) atoms. The predicted octanol–water partition coefficient (Wildman–Crippen LogP) is 9.42. The molecule has 0 spiro atoms. The fourth-order valence-electron chi connectivity index (χ4n) is 3.84. The zero-order valence-corrected chi connectivity index (χ0v) is 23.6. The van der Waals surface area contributed by atoms with Crippen molar-refractivity contribution in [1.29, 1.82) is 0 Å². The van der Waals surface area contributed by atoms with E-state index in [0.29, 0.717) is 15.6 Å². The van der Waals surface area contributed by atoms with Crippen LogP contribution in [0.3, 0.4) is 0 Å². The predicted molar refractivity (Wildman–Crippen MR) is 142 cm³/mol. The van der Waals surface area contributed by atoms with E-state index < -0.39 is 0 Å². The first-order chi connectivity index (χ1) is 14.6. The first kappa shape index (κ1) is 30.4. The minimum Gasteiger partial charge on any atom is -0.343 e. The van der Waals surface area contributed by atoms with Crippen molar-refractivity contribution in [2.75, 3.05) is 13.1 Å². The molecule has 0 heterocycles. The highest BCUT2D eigenvalue weighted by atomic mass is 79.9. The largest absolute Gasteiger partial charge is 0.343 e. The van der Waals surface area contributed by atoms with Crippen LogP contribution in [0.15, 0.2) is 0 Å². The van der Waals surface area contributed by atoms with Crippen molar-refractivity contribution in [1.82, 2.24) is 4.90 Å². The number of rotatable bonds is 22. The molecule has 0 aliphatic rings. The highest BCUT2D eigenvalue weighted by molar-refractivity contribution is 9.12. The van der Waals surface area contributed by atoms with Crippen molar-refractivity contribution in [2.24, 2.45) is 0 Å². The summed E-state index contributed by atoms with van der Waals surface area (Å²) in [5.74, 6) is 0.384. The van der Waals surface area contributed by atoms with E-state index in [9.17, 15) is 4.79 Å². The monoisotopic (exact) mass is 551 g/mol. The molecule has 0 aromatic rings. The number of unbranched alkanes of at least 4 members (excludes halogenated alkanes) is 11. The Balaban J connectivity index is 3.70. The van der Waals surface area contributed by atoms with Gasteiger partial charge in [0, 0.05) is 29.2 Å². The molecule has 0 saturated carbocycles. The Bertz CT molecular complexity index is 370. The zero-order valence-electron chi connectivity index (χ0n) is 20.4. The Hall–Kier alpha value is 0.430. The third kappa shape index (κ3) is 18.0. The molecule has 1 amide bonds. The summed E-state index contributed by atoms with van der Waals surface area (Å²) in [6.07, 6.45) is 22.3. The second kappa shape index (κ2) is 22.6. The second-order valence-corrected chi connectivity index (χ2v) is 11.3. The van der Waals surface area contributed by atoms with Gasteiger partial charge < -0.3 is 4.90 Å². The Kier molecular flexibility index (Phi) is 22.9. The van der Waals surface area contributed by atoms with Crippen LogP contribution in [-0.2, 0) is 4.79 Å². The maximum atomic E-state index is 12.5. The Morgan fingerprint density at radius 2 is 1.00 bits per heavy atom. The summed E-state index contributed by atoms with van der Waals surface area (Å²) in [4.78, 5) is 15.8. The Morgan fingerprint density at radius 3 is 1.47 bits per heavy atom. The molecule has 2 nitrogen and oxygen atoms in total. The molecule has 0 fully saturated rings. The van der Waals surface area contributed by atoms with Crippen LogP contribution in [-0.4, -0.2) is 33.6 Å². The minimum atomic E-state index is 0.384. The summed E-state index contributed by atoms with van der Waals surface area (Å²) >= 11 is 7.80. The second-order valence-electron chi connectivity index (χ2n) is 8.98. The van der Waals surface area contributed by atoms with Gasteiger partial charge in [-0.2, -0.15) is 0 Å². The average molecular weight is 554 g/mol. The van der Waals surface area contributed by atoms with Gasteiger partial charge in [-0.25, -0.2) is 0 Å². The van der Waals surface area contributed by atoms with Crippen LogP contribution in [0.5, 0.6) is 0 Å². The molecule has 0 rings (SSSR count). The molecule has 180 valence electrons. The van der Waals surface area contributed by atoms with E-state index in [1.807, 2.05) is 0 Å².